The molecule has 0 N–H and O–H groups in total. The van der Waals surface area contributed by atoms with E-state index in [9.17, 15) is 22.0 Å². The summed E-state index contributed by atoms with van der Waals surface area (Å²) in [7, 11) is 0. The fraction of sp³-hybridized carbons (Fsp3) is 0.118. The summed E-state index contributed by atoms with van der Waals surface area (Å²) in [5, 5.41) is 8.47. The molecular weight excluding hydrogens is 387 g/mol. The van der Waals surface area contributed by atoms with Crippen LogP contribution in [-0.4, -0.2) is 26.2 Å². The number of nitriles is 1. The van der Waals surface area contributed by atoms with Crippen molar-refractivity contribution in [2.45, 2.75) is 16.3 Å². The lowest BCUT2D eigenvalue weighted by molar-refractivity contribution is -0.237. The van der Waals surface area contributed by atoms with Gasteiger partial charge in [0.15, 0.2) is 5.82 Å². The van der Waals surface area contributed by atoms with Gasteiger partial charge in [-0.3, -0.25) is 0 Å². The Morgan fingerprint density at radius 2 is 1.63 bits per heavy atom. The molecule has 3 rings (SSSR count). The van der Waals surface area contributed by atoms with Gasteiger partial charge in [0.1, 0.15) is 6.33 Å². The maximum absolute atomic E-state index is 13.1. The highest BCUT2D eigenvalue weighted by Crippen LogP contribution is 2.47. The number of thioether (sulfide) groups is 1. The molecule has 0 spiro atoms. The third-order valence-electron chi connectivity index (χ3n) is 3.46. The van der Waals surface area contributed by atoms with Crippen LogP contribution in [0.3, 0.4) is 0 Å². The second-order valence-electron chi connectivity index (χ2n) is 5.28. The van der Waals surface area contributed by atoms with E-state index in [1.807, 2.05) is 6.07 Å². The standard InChI is InChI=1S/C17H9F5N4S/c18-16(19,20)17(21,22)27-13-7-5-12(6-8-13)26-10-24-15(25-26)14-4-2-1-3-11(14)9-23/h1-8,10H. The zero-order valence-electron chi connectivity index (χ0n) is 13.3. The summed E-state index contributed by atoms with van der Waals surface area (Å²) in [5.74, 6) is 0.286. The van der Waals surface area contributed by atoms with E-state index in [2.05, 4.69) is 10.1 Å². The lowest BCUT2D eigenvalue weighted by Gasteiger charge is -2.18. The molecule has 0 saturated heterocycles. The van der Waals surface area contributed by atoms with Crippen LogP contribution >= 0.6 is 11.8 Å². The largest absolute Gasteiger partial charge is 0.464 e. The van der Waals surface area contributed by atoms with Gasteiger partial charge in [-0.05, 0) is 48.2 Å². The molecule has 0 atom stereocenters. The summed E-state index contributed by atoms with van der Waals surface area (Å²) in [6.07, 6.45) is -4.28. The molecule has 1 aromatic heterocycles. The molecule has 0 fully saturated rings. The number of aromatic nitrogens is 3. The molecule has 0 unspecified atom stereocenters. The lowest BCUT2D eigenvalue weighted by atomic mass is 10.1. The molecule has 0 aliphatic carbocycles. The lowest BCUT2D eigenvalue weighted by Crippen LogP contribution is -2.32. The normalized spacial score (nSPS) is 12.0. The Morgan fingerprint density at radius 3 is 2.26 bits per heavy atom. The van der Waals surface area contributed by atoms with Crippen molar-refractivity contribution in [3.8, 4) is 23.1 Å². The third-order valence-corrected chi connectivity index (χ3v) is 4.45. The first-order valence-electron chi connectivity index (χ1n) is 7.36. The van der Waals surface area contributed by atoms with Crippen molar-refractivity contribution in [3.63, 3.8) is 0 Å². The highest BCUT2D eigenvalue weighted by Gasteiger charge is 2.58. The van der Waals surface area contributed by atoms with Crippen LogP contribution in [0.5, 0.6) is 0 Å². The molecule has 10 heteroatoms. The first kappa shape index (κ1) is 18.8. The van der Waals surface area contributed by atoms with Gasteiger partial charge in [0.2, 0.25) is 0 Å². The van der Waals surface area contributed by atoms with Crippen LogP contribution in [-0.2, 0) is 0 Å². The predicted molar refractivity (Wildman–Crippen MR) is 88.4 cm³/mol. The van der Waals surface area contributed by atoms with Crippen LogP contribution in [0.15, 0.2) is 59.8 Å². The Morgan fingerprint density at radius 1 is 0.963 bits per heavy atom. The zero-order chi connectivity index (χ0) is 19.7. The molecule has 4 nitrogen and oxygen atoms in total. The summed E-state index contributed by atoms with van der Waals surface area (Å²) in [4.78, 5) is 3.87. The van der Waals surface area contributed by atoms with Crippen molar-refractivity contribution in [3.05, 3.63) is 60.4 Å². The van der Waals surface area contributed by atoms with Gasteiger partial charge < -0.3 is 0 Å². The van der Waals surface area contributed by atoms with Gasteiger partial charge in [-0.25, -0.2) is 9.67 Å². The monoisotopic (exact) mass is 396 g/mol. The average molecular weight is 396 g/mol. The van der Waals surface area contributed by atoms with Crippen molar-refractivity contribution < 1.29 is 22.0 Å². The molecule has 0 saturated carbocycles. The van der Waals surface area contributed by atoms with Gasteiger partial charge in [-0.15, -0.1) is 5.10 Å². The number of alkyl halides is 5. The van der Waals surface area contributed by atoms with Crippen molar-refractivity contribution >= 4 is 11.8 Å². The highest BCUT2D eigenvalue weighted by molar-refractivity contribution is 8.00. The summed E-state index contributed by atoms with van der Waals surface area (Å²) >= 11 is -0.576. The number of benzene rings is 2. The summed E-state index contributed by atoms with van der Waals surface area (Å²) < 4.78 is 64.3. The number of hydrogen-bond acceptors (Lipinski definition) is 4. The van der Waals surface area contributed by atoms with E-state index in [4.69, 9.17) is 5.26 Å². The van der Waals surface area contributed by atoms with E-state index < -0.39 is 23.2 Å². The summed E-state index contributed by atoms with van der Waals surface area (Å²) in [5.41, 5.74) is 1.33. The zero-order valence-corrected chi connectivity index (χ0v) is 14.1. The first-order chi connectivity index (χ1) is 12.7. The number of hydrogen-bond donors (Lipinski definition) is 0. The second kappa shape index (κ2) is 7.00. The summed E-state index contributed by atoms with van der Waals surface area (Å²) in [6.45, 7) is 0. The van der Waals surface area contributed by atoms with Crippen molar-refractivity contribution in [2.75, 3.05) is 0 Å². The smallest absolute Gasteiger partial charge is 0.220 e. The molecule has 2 aromatic carbocycles. The van der Waals surface area contributed by atoms with Crippen molar-refractivity contribution in [2.24, 2.45) is 0 Å². The second-order valence-corrected chi connectivity index (χ2v) is 6.47. The molecule has 138 valence electrons. The predicted octanol–water partition coefficient (Wildman–Crippen LogP) is 5.05. The molecule has 3 aromatic rings. The molecule has 0 radical (unpaired) electrons. The topological polar surface area (TPSA) is 54.5 Å². The van der Waals surface area contributed by atoms with E-state index in [-0.39, 0.29) is 10.7 Å². The Balaban J connectivity index is 1.83. The van der Waals surface area contributed by atoms with E-state index >= 15 is 0 Å². The SMILES string of the molecule is N#Cc1ccccc1-c1ncn(-c2ccc(SC(F)(F)C(F)(F)F)cc2)n1. The minimum atomic E-state index is -5.63. The van der Waals surface area contributed by atoms with Crippen LogP contribution in [0, 0.1) is 11.3 Å². The van der Waals surface area contributed by atoms with Gasteiger partial charge in [0.25, 0.3) is 0 Å². The van der Waals surface area contributed by atoms with E-state index in [0.29, 0.717) is 16.8 Å². The first-order valence-corrected chi connectivity index (χ1v) is 8.18. The van der Waals surface area contributed by atoms with Gasteiger partial charge in [0, 0.05) is 10.5 Å². The third kappa shape index (κ3) is 3.93. The van der Waals surface area contributed by atoms with Gasteiger partial charge in [0.05, 0.1) is 17.3 Å². The van der Waals surface area contributed by atoms with Crippen LogP contribution in [0.2, 0.25) is 0 Å². The number of nitrogens with zero attached hydrogens (tertiary/aromatic N) is 4. The van der Waals surface area contributed by atoms with Crippen LogP contribution < -0.4 is 0 Å². The Kier molecular flexibility index (Phi) is 4.89. The van der Waals surface area contributed by atoms with Crippen LogP contribution in [0.4, 0.5) is 22.0 Å². The molecule has 0 aliphatic heterocycles. The maximum atomic E-state index is 13.1. The molecular formula is C17H9F5N4S. The molecule has 0 aliphatic rings. The Labute approximate surface area is 154 Å². The Hall–Kier alpha value is -2.93. The highest BCUT2D eigenvalue weighted by atomic mass is 32.2. The van der Waals surface area contributed by atoms with Crippen molar-refractivity contribution in [1.82, 2.24) is 14.8 Å². The van der Waals surface area contributed by atoms with Crippen LogP contribution in [0.25, 0.3) is 17.1 Å². The molecule has 0 amide bonds. The van der Waals surface area contributed by atoms with Gasteiger partial charge in [-0.1, -0.05) is 12.1 Å². The van der Waals surface area contributed by atoms with Crippen molar-refractivity contribution in [1.29, 1.82) is 5.26 Å². The maximum Gasteiger partial charge on any atom is 0.464 e. The van der Waals surface area contributed by atoms with E-state index in [0.717, 1.165) is 12.1 Å². The molecule has 27 heavy (non-hydrogen) atoms. The molecule has 1 heterocycles. The van der Waals surface area contributed by atoms with E-state index in [1.54, 1.807) is 24.3 Å². The quantitative estimate of drug-likeness (QED) is 0.457. The minimum absolute atomic E-state index is 0.240. The minimum Gasteiger partial charge on any atom is -0.220 e. The van der Waals surface area contributed by atoms with Gasteiger partial charge in [-0.2, -0.15) is 27.2 Å². The fourth-order valence-electron chi connectivity index (χ4n) is 2.16. The fourth-order valence-corrected chi connectivity index (χ4v) is 2.84. The summed E-state index contributed by atoms with van der Waals surface area (Å²) in [6, 6.07) is 13.7. The number of rotatable bonds is 4. The number of halogens is 5. The molecule has 0 bridgehead atoms. The average Bonchev–Trinajstić information content (AvgIpc) is 3.11. The van der Waals surface area contributed by atoms with E-state index in [1.165, 1.54) is 23.1 Å². The Bertz CT molecular complexity index is 990. The van der Waals surface area contributed by atoms with Gasteiger partial charge >= 0.3 is 11.4 Å². The van der Waals surface area contributed by atoms with Crippen LogP contribution in [0.1, 0.15) is 5.56 Å².